The van der Waals surface area contributed by atoms with Gasteiger partial charge in [0, 0.05) is 22.3 Å². The van der Waals surface area contributed by atoms with Crippen LogP contribution in [-0.4, -0.2) is 10.1 Å². The van der Waals surface area contributed by atoms with E-state index in [-0.39, 0.29) is 40.8 Å². The zero-order valence-electron chi connectivity index (χ0n) is 12.7. The first-order chi connectivity index (χ1) is 9.43. The molecule has 3 nitrogen and oxygen atoms in total. The Hall–Kier alpha value is -1.61. The van der Waals surface area contributed by atoms with Crippen LogP contribution in [0.25, 0.3) is 10.9 Å². The van der Waals surface area contributed by atoms with E-state index in [1.54, 1.807) is 0 Å². The van der Waals surface area contributed by atoms with Crippen LogP contribution in [-0.2, 0) is 6.42 Å². The van der Waals surface area contributed by atoms with Gasteiger partial charge in [0.1, 0.15) is 0 Å². The third-order valence-electron chi connectivity index (χ3n) is 3.01. The molecule has 1 heterocycles. The summed E-state index contributed by atoms with van der Waals surface area (Å²) in [6.45, 7) is 0. The number of aromatic nitrogens is 1. The fourth-order valence-electron chi connectivity index (χ4n) is 2.24. The molecular formula is C13H14N2O. The zero-order chi connectivity index (χ0) is 14.6. The van der Waals surface area contributed by atoms with E-state index in [1.807, 2.05) is 0 Å². The summed E-state index contributed by atoms with van der Waals surface area (Å²) in [5.74, 6) is 0. The molecule has 0 amide bonds. The second-order valence-electron chi connectivity index (χ2n) is 4.02. The quantitative estimate of drug-likeness (QED) is 0.712. The van der Waals surface area contributed by atoms with Crippen molar-refractivity contribution in [2.45, 2.75) is 25.4 Å². The highest BCUT2D eigenvalue weighted by Gasteiger charge is 2.23. The van der Waals surface area contributed by atoms with E-state index >= 15 is 0 Å². The molecule has 1 aromatic carbocycles. The Morgan fingerprint density at radius 2 is 2.25 bits per heavy atom. The predicted octanol–water partition coefficient (Wildman–Crippen LogP) is 2.19. The summed E-state index contributed by atoms with van der Waals surface area (Å²) >= 11 is 0. The van der Waals surface area contributed by atoms with Gasteiger partial charge >= 0.3 is 0 Å². The molecule has 3 rings (SSSR count). The predicted molar refractivity (Wildman–Crippen MR) is 64.1 cm³/mol. The average molecular weight is 218 g/mol. The van der Waals surface area contributed by atoms with Gasteiger partial charge in [-0.25, -0.2) is 0 Å². The minimum Gasteiger partial charge on any atom is -0.398 e. The summed E-state index contributed by atoms with van der Waals surface area (Å²) < 4.78 is 31.3. The molecule has 82 valence electrons. The van der Waals surface area contributed by atoms with Crippen molar-refractivity contribution in [1.82, 2.24) is 4.98 Å². The van der Waals surface area contributed by atoms with Gasteiger partial charge in [0.2, 0.25) is 0 Å². The van der Waals surface area contributed by atoms with Crippen molar-refractivity contribution < 1.29 is 10.6 Å². The second-order valence-corrected chi connectivity index (χ2v) is 4.02. The lowest BCUT2D eigenvalue weighted by molar-refractivity contribution is 0.156. The lowest BCUT2D eigenvalue weighted by atomic mass is 9.90. The molecule has 1 unspecified atom stereocenters. The lowest BCUT2D eigenvalue weighted by Gasteiger charge is -2.23. The molecule has 1 aliphatic rings. The molecule has 0 fully saturated rings. The van der Waals surface area contributed by atoms with Crippen molar-refractivity contribution in [2.75, 3.05) is 5.73 Å². The van der Waals surface area contributed by atoms with Gasteiger partial charge in [0.15, 0.2) is 0 Å². The number of aliphatic hydroxyl groups excluding tert-OH is 1. The number of benzene rings is 1. The molecule has 0 saturated carbocycles. The van der Waals surface area contributed by atoms with Crippen LogP contribution in [0, 0.1) is 0 Å². The van der Waals surface area contributed by atoms with Crippen LogP contribution in [0.1, 0.15) is 35.7 Å². The van der Waals surface area contributed by atoms with Gasteiger partial charge in [-0.3, -0.25) is 4.98 Å². The van der Waals surface area contributed by atoms with Gasteiger partial charge < -0.3 is 10.8 Å². The molecule has 0 aliphatic heterocycles. The van der Waals surface area contributed by atoms with Crippen LogP contribution in [0.2, 0.25) is 0 Å². The Kier molecular flexibility index (Phi) is 1.34. The van der Waals surface area contributed by atoms with Gasteiger partial charge in [-0.2, -0.15) is 0 Å². The number of fused-ring (bicyclic) bond motifs is 2. The summed E-state index contributed by atoms with van der Waals surface area (Å²) in [5.41, 5.74) is 7.64. The van der Waals surface area contributed by atoms with Gasteiger partial charge in [-0.15, -0.1) is 0 Å². The molecule has 0 bridgehead atoms. The highest BCUT2D eigenvalue weighted by atomic mass is 16.3. The summed E-state index contributed by atoms with van der Waals surface area (Å²) in [7, 11) is 0. The van der Waals surface area contributed by atoms with Gasteiger partial charge in [-0.1, -0.05) is 18.1 Å². The highest BCUT2D eigenvalue weighted by molar-refractivity contribution is 5.92. The van der Waals surface area contributed by atoms with Crippen LogP contribution in [0.15, 0.2) is 24.2 Å². The third-order valence-corrected chi connectivity index (χ3v) is 3.01. The Balaban J connectivity index is 2.50. The first kappa shape index (κ1) is 6.21. The monoisotopic (exact) mass is 218 g/mol. The number of aliphatic hydroxyl groups is 1. The van der Waals surface area contributed by atoms with Crippen molar-refractivity contribution in [3.05, 3.63) is 35.4 Å². The van der Waals surface area contributed by atoms with Crippen molar-refractivity contribution >= 4 is 16.6 Å². The van der Waals surface area contributed by atoms with Gasteiger partial charge in [0.05, 0.1) is 17.1 Å². The first-order valence-electron chi connectivity index (χ1n) is 7.29. The number of hydrogen-bond donors (Lipinski definition) is 2. The topological polar surface area (TPSA) is 59.1 Å². The average Bonchev–Trinajstić information content (AvgIpc) is 2.42. The molecule has 1 aliphatic carbocycles. The number of anilines is 1. The molecule has 0 spiro atoms. The van der Waals surface area contributed by atoms with Crippen LogP contribution in [0.5, 0.6) is 0 Å². The Labute approximate surface area is 99.5 Å². The number of pyridine rings is 1. The first-order valence-corrected chi connectivity index (χ1v) is 5.29. The van der Waals surface area contributed by atoms with E-state index in [4.69, 9.17) is 11.2 Å². The Morgan fingerprint density at radius 3 is 3.12 bits per heavy atom. The fraction of sp³-hybridized carbons (Fsp3) is 0.308. The summed E-state index contributed by atoms with van der Waals surface area (Å²) in [5, 5.41) is 10.3. The Bertz CT molecular complexity index is 733. The van der Waals surface area contributed by atoms with Crippen LogP contribution >= 0.6 is 0 Å². The van der Waals surface area contributed by atoms with E-state index in [2.05, 4.69) is 4.98 Å². The smallest absolute Gasteiger partial charge is 0.0828 e. The maximum absolute atomic E-state index is 10.1. The SMILES string of the molecule is [2H]c1c([2H])c([2H])c2c(N)c3c(nc2c1[2H])CCCC3O. The molecule has 2 aromatic rings. The summed E-state index contributed by atoms with van der Waals surface area (Å²) in [6.07, 6.45) is 1.33. The number of nitrogens with two attached hydrogens (primary N) is 1. The van der Waals surface area contributed by atoms with Gasteiger partial charge in [0.25, 0.3) is 0 Å². The van der Waals surface area contributed by atoms with Crippen molar-refractivity contribution in [3.8, 4) is 0 Å². The number of para-hydroxylation sites is 1. The number of aryl methyl sites for hydroxylation is 1. The number of nitrogens with zero attached hydrogens (tertiary/aromatic N) is 1. The maximum atomic E-state index is 10.1. The molecular weight excluding hydrogens is 200 g/mol. The maximum Gasteiger partial charge on any atom is 0.0828 e. The highest BCUT2D eigenvalue weighted by Crippen LogP contribution is 2.36. The second kappa shape index (κ2) is 3.46. The zero-order valence-corrected chi connectivity index (χ0v) is 8.67. The molecule has 1 atom stereocenters. The molecule has 3 N–H and O–H groups in total. The number of nitrogen functional groups attached to an aromatic ring is 1. The lowest BCUT2D eigenvalue weighted by Crippen LogP contribution is -2.14. The summed E-state index contributed by atoms with van der Waals surface area (Å²) in [4.78, 5) is 4.34. The third kappa shape index (κ3) is 1.28. The molecule has 0 saturated heterocycles. The van der Waals surface area contributed by atoms with E-state index in [9.17, 15) is 5.11 Å². The minimum absolute atomic E-state index is 0.182. The van der Waals surface area contributed by atoms with Crippen molar-refractivity contribution in [2.24, 2.45) is 0 Å². The van der Waals surface area contributed by atoms with E-state index in [0.29, 0.717) is 24.1 Å². The van der Waals surface area contributed by atoms with Gasteiger partial charge in [-0.05, 0) is 25.3 Å². The standard InChI is InChI=1S/C13H14N2O/c14-13-8-4-1-2-5-9(8)15-10-6-3-7-11(16)12(10)13/h1-2,4-5,11,16H,3,6-7H2,(H2,14,15)/i1D,2D,4D,5D. The number of rotatable bonds is 0. The van der Waals surface area contributed by atoms with E-state index in [0.717, 1.165) is 6.42 Å². The Morgan fingerprint density at radius 1 is 1.44 bits per heavy atom. The van der Waals surface area contributed by atoms with E-state index < -0.39 is 6.10 Å². The fourth-order valence-corrected chi connectivity index (χ4v) is 2.24. The van der Waals surface area contributed by atoms with Crippen molar-refractivity contribution in [3.63, 3.8) is 0 Å². The van der Waals surface area contributed by atoms with Crippen LogP contribution < -0.4 is 5.73 Å². The van der Waals surface area contributed by atoms with Crippen LogP contribution in [0.3, 0.4) is 0 Å². The molecule has 16 heavy (non-hydrogen) atoms. The van der Waals surface area contributed by atoms with E-state index in [1.165, 1.54) is 0 Å². The summed E-state index contributed by atoms with van der Waals surface area (Å²) in [6, 6.07) is -1.03. The molecule has 3 heteroatoms. The minimum atomic E-state index is -0.714. The van der Waals surface area contributed by atoms with Crippen molar-refractivity contribution in [1.29, 1.82) is 0 Å². The molecule has 1 aromatic heterocycles. The normalized spacial score (nSPS) is 23.2. The number of hydrogen-bond acceptors (Lipinski definition) is 3. The molecule has 0 radical (unpaired) electrons. The van der Waals surface area contributed by atoms with Crippen LogP contribution in [0.4, 0.5) is 5.69 Å². The largest absolute Gasteiger partial charge is 0.398 e.